The van der Waals surface area contributed by atoms with Gasteiger partial charge in [-0.05, 0) is 56.3 Å². The number of allylic oxidation sites excluding steroid dienone is 1. The summed E-state index contributed by atoms with van der Waals surface area (Å²) in [6.07, 6.45) is 4.72. The third-order valence-electron chi connectivity index (χ3n) is 6.17. The van der Waals surface area contributed by atoms with E-state index in [1.165, 1.54) is 23.1 Å². The zero-order valence-electron chi connectivity index (χ0n) is 22.5. The van der Waals surface area contributed by atoms with Gasteiger partial charge in [0, 0.05) is 23.5 Å². The molecule has 0 saturated carbocycles. The van der Waals surface area contributed by atoms with Gasteiger partial charge in [-0.25, -0.2) is 19.8 Å². The van der Waals surface area contributed by atoms with Crippen LogP contribution in [-0.2, 0) is 9.53 Å². The van der Waals surface area contributed by atoms with Crippen LogP contribution in [0.25, 0.3) is 6.08 Å². The number of carbonyl (C=O) groups is 1. The highest BCUT2D eigenvalue weighted by atomic mass is 32.2. The Morgan fingerprint density at radius 2 is 2.02 bits per heavy atom. The minimum Gasteiger partial charge on any atom is -0.496 e. The van der Waals surface area contributed by atoms with Crippen LogP contribution in [0.1, 0.15) is 49.7 Å². The molecule has 206 valence electrons. The number of rotatable bonds is 9. The van der Waals surface area contributed by atoms with Crippen LogP contribution in [0.3, 0.4) is 0 Å². The molecule has 1 atom stereocenters. The van der Waals surface area contributed by atoms with Crippen LogP contribution in [0, 0.1) is 6.92 Å². The summed E-state index contributed by atoms with van der Waals surface area (Å²) >= 11 is 2.55. The first-order valence-corrected chi connectivity index (χ1v) is 14.5. The van der Waals surface area contributed by atoms with Crippen molar-refractivity contribution < 1.29 is 18.7 Å². The molecule has 4 heterocycles. The highest BCUT2D eigenvalue weighted by molar-refractivity contribution is 7.99. The number of ether oxygens (including phenoxy) is 2. The number of esters is 1. The van der Waals surface area contributed by atoms with E-state index in [0.29, 0.717) is 54.3 Å². The van der Waals surface area contributed by atoms with Gasteiger partial charge in [-0.2, -0.15) is 0 Å². The predicted octanol–water partition coefficient (Wildman–Crippen LogP) is 4.43. The van der Waals surface area contributed by atoms with Gasteiger partial charge in [0.25, 0.3) is 5.56 Å². The lowest BCUT2D eigenvalue weighted by Gasteiger charge is -2.26. The number of aryl methyl sites for hydroxylation is 1. The van der Waals surface area contributed by atoms with Crippen molar-refractivity contribution >= 4 is 35.1 Å². The van der Waals surface area contributed by atoms with Crippen molar-refractivity contribution in [1.29, 1.82) is 0 Å². The average Bonchev–Trinajstić information content (AvgIpc) is 3.51. The van der Waals surface area contributed by atoms with Crippen molar-refractivity contribution in [1.82, 2.24) is 14.5 Å². The van der Waals surface area contributed by atoms with Crippen LogP contribution in [0.15, 0.2) is 84.4 Å². The summed E-state index contributed by atoms with van der Waals surface area (Å²) in [6.45, 7) is 5.88. The number of thiazole rings is 1. The number of fused-ring (bicyclic) bond motifs is 1. The van der Waals surface area contributed by atoms with Gasteiger partial charge in [0.15, 0.2) is 15.1 Å². The van der Waals surface area contributed by atoms with Crippen molar-refractivity contribution in [2.45, 2.75) is 49.9 Å². The largest absolute Gasteiger partial charge is 0.496 e. The number of aromatic nitrogens is 3. The molecular formula is C29H28N4O5S2. The Bertz CT molecular complexity index is 1770. The standard InChI is InChI=1S/C29H28N4O5S2/c1-5-9-20-24(27(35)37-6-2)25(19-10-7-8-11-21(19)36-4)33-26(34)22(39-29(33)32-20)16-18-12-13-23(38-18)40-28-30-15-14-17(3)31-28/h7-8,10-16,25H,5-6,9H2,1-4H3/b22-16+/t25-/m0/s1. The van der Waals surface area contributed by atoms with Gasteiger partial charge in [-0.1, -0.05) is 42.9 Å². The fourth-order valence-electron chi connectivity index (χ4n) is 4.47. The molecule has 40 heavy (non-hydrogen) atoms. The second kappa shape index (κ2) is 12.1. The van der Waals surface area contributed by atoms with Crippen LogP contribution in [-0.4, -0.2) is 34.2 Å². The normalized spacial score (nSPS) is 15.1. The molecule has 0 amide bonds. The Balaban J connectivity index is 1.64. The maximum Gasteiger partial charge on any atom is 0.338 e. The lowest BCUT2D eigenvalue weighted by Crippen LogP contribution is -2.40. The van der Waals surface area contributed by atoms with Crippen LogP contribution >= 0.6 is 23.1 Å². The summed E-state index contributed by atoms with van der Waals surface area (Å²) in [6, 6.07) is 12.1. The van der Waals surface area contributed by atoms with E-state index in [1.54, 1.807) is 36.9 Å². The van der Waals surface area contributed by atoms with E-state index in [9.17, 15) is 9.59 Å². The molecule has 5 rings (SSSR count). The van der Waals surface area contributed by atoms with Gasteiger partial charge in [-0.15, -0.1) is 0 Å². The summed E-state index contributed by atoms with van der Waals surface area (Å²) in [5, 5.41) is 1.18. The Labute approximate surface area is 238 Å². The molecule has 0 bridgehead atoms. The number of carbonyl (C=O) groups excluding carboxylic acids is 1. The molecule has 3 aromatic heterocycles. The van der Waals surface area contributed by atoms with Crippen molar-refractivity contribution in [3.63, 3.8) is 0 Å². The number of hydrogen-bond acceptors (Lipinski definition) is 10. The fraction of sp³-hybridized carbons (Fsp3) is 0.276. The summed E-state index contributed by atoms with van der Waals surface area (Å²) in [7, 11) is 1.57. The van der Waals surface area contributed by atoms with Crippen molar-refractivity contribution in [3.05, 3.63) is 96.6 Å². The zero-order valence-corrected chi connectivity index (χ0v) is 24.2. The Kier molecular flexibility index (Phi) is 8.32. The first kappa shape index (κ1) is 27.6. The fourth-order valence-corrected chi connectivity index (χ4v) is 6.23. The molecule has 0 fully saturated rings. The molecule has 0 N–H and O–H groups in total. The number of methoxy groups -OCH3 is 1. The van der Waals surface area contributed by atoms with Crippen LogP contribution in [0.5, 0.6) is 5.75 Å². The zero-order chi connectivity index (χ0) is 28.2. The first-order chi connectivity index (χ1) is 19.4. The first-order valence-electron chi connectivity index (χ1n) is 12.9. The van der Waals surface area contributed by atoms with Gasteiger partial charge in [0.05, 0.1) is 29.5 Å². The van der Waals surface area contributed by atoms with Crippen LogP contribution < -0.4 is 19.6 Å². The molecule has 9 nitrogen and oxygen atoms in total. The van der Waals surface area contributed by atoms with E-state index in [1.807, 2.05) is 50.2 Å². The smallest absolute Gasteiger partial charge is 0.338 e. The third-order valence-corrected chi connectivity index (χ3v) is 7.95. The van der Waals surface area contributed by atoms with E-state index in [0.717, 1.165) is 12.1 Å². The third kappa shape index (κ3) is 5.52. The highest BCUT2D eigenvalue weighted by Crippen LogP contribution is 2.37. The van der Waals surface area contributed by atoms with E-state index in [-0.39, 0.29) is 12.2 Å². The summed E-state index contributed by atoms with van der Waals surface area (Å²) < 4.78 is 19.1. The topological polar surface area (TPSA) is 109 Å². The lowest BCUT2D eigenvalue weighted by molar-refractivity contribution is -0.139. The maximum absolute atomic E-state index is 13.9. The van der Waals surface area contributed by atoms with Gasteiger partial charge >= 0.3 is 5.97 Å². The average molecular weight is 577 g/mol. The predicted molar refractivity (Wildman–Crippen MR) is 152 cm³/mol. The SMILES string of the molecule is CCCC1=C(C(=O)OCC)[C@H](c2ccccc2OC)n2c(s/c(=C/c3ccc(Sc4nccc(C)n4)o3)c2=O)=N1. The molecule has 0 saturated heterocycles. The minimum absolute atomic E-state index is 0.206. The number of para-hydroxylation sites is 1. The molecule has 11 heteroatoms. The number of hydrogen-bond donors (Lipinski definition) is 0. The van der Waals surface area contributed by atoms with Crippen LogP contribution in [0.2, 0.25) is 0 Å². The monoisotopic (exact) mass is 576 g/mol. The van der Waals surface area contributed by atoms with Crippen molar-refractivity contribution in [2.75, 3.05) is 13.7 Å². The number of benzene rings is 1. The van der Waals surface area contributed by atoms with E-state index in [2.05, 4.69) is 9.97 Å². The summed E-state index contributed by atoms with van der Waals surface area (Å²) in [5.74, 6) is 0.575. The van der Waals surface area contributed by atoms with E-state index in [4.69, 9.17) is 18.9 Å². The van der Waals surface area contributed by atoms with Gasteiger partial charge in [0.2, 0.25) is 0 Å². The second-order valence-electron chi connectivity index (χ2n) is 8.89. The molecule has 0 radical (unpaired) electrons. The molecule has 4 aromatic rings. The summed E-state index contributed by atoms with van der Waals surface area (Å²) in [4.78, 5) is 41.2. The quantitative estimate of drug-likeness (QED) is 0.213. The molecule has 1 aromatic carbocycles. The van der Waals surface area contributed by atoms with Crippen molar-refractivity contribution in [2.24, 2.45) is 4.99 Å². The maximum atomic E-state index is 13.9. The number of furan rings is 1. The Morgan fingerprint density at radius 1 is 1.20 bits per heavy atom. The molecule has 0 aliphatic carbocycles. The highest BCUT2D eigenvalue weighted by Gasteiger charge is 2.35. The Morgan fingerprint density at radius 3 is 2.77 bits per heavy atom. The minimum atomic E-state index is -0.753. The van der Waals surface area contributed by atoms with Gasteiger partial charge in [0.1, 0.15) is 17.6 Å². The molecular weight excluding hydrogens is 548 g/mol. The van der Waals surface area contributed by atoms with Crippen LogP contribution in [0.4, 0.5) is 0 Å². The number of nitrogens with zero attached hydrogens (tertiary/aromatic N) is 4. The van der Waals surface area contributed by atoms with E-state index >= 15 is 0 Å². The van der Waals surface area contributed by atoms with E-state index < -0.39 is 12.0 Å². The molecule has 1 aliphatic heterocycles. The van der Waals surface area contributed by atoms with Gasteiger partial charge in [-0.3, -0.25) is 9.36 Å². The molecule has 0 unspecified atom stereocenters. The van der Waals surface area contributed by atoms with Crippen molar-refractivity contribution in [3.8, 4) is 5.75 Å². The summed E-state index contributed by atoms with van der Waals surface area (Å²) in [5.41, 5.74) is 2.21. The van der Waals surface area contributed by atoms with Gasteiger partial charge < -0.3 is 13.9 Å². The second-order valence-corrected chi connectivity index (χ2v) is 10.9. The lowest BCUT2D eigenvalue weighted by atomic mass is 9.93. The molecule has 0 spiro atoms. The Hall–Kier alpha value is -3.96. The molecule has 1 aliphatic rings.